The summed E-state index contributed by atoms with van der Waals surface area (Å²) in [5.74, 6) is -0.512. The smallest absolute Gasteiger partial charge is 0.253 e. The third-order valence-corrected chi connectivity index (χ3v) is 8.51. The zero-order valence-corrected chi connectivity index (χ0v) is 20.1. The Bertz CT molecular complexity index is 1330. The summed E-state index contributed by atoms with van der Waals surface area (Å²) >= 11 is 7.09. The lowest BCUT2D eigenvalue weighted by Crippen LogP contribution is -2.53. The lowest BCUT2D eigenvalue weighted by atomic mass is 10.3. The highest BCUT2D eigenvalue weighted by Gasteiger charge is 2.34. The largest absolute Gasteiger partial charge is 0.347 e. The third-order valence-electron chi connectivity index (χ3n) is 4.88. The number of nitrogens with zero attached hydrogens (tertiary/aromatic N) is 6. The molecule has 0 spiro atoms. The predicted molar refractivity (Wildman–Crippen MR) is 125 cm³/mol. The number of piperazine rings is 1. The molecule has 0 radical (unpaired) electrons. The second kappa shape index (κ2) is 9.17. The molecule has 2 aromatic heterocycles. The zero-order chi connectivity index (χ0) is 23.8. The van der Waals surface area contributed by atoms with Gasteiger partial charge in [-0.3, -0.25) is 14.9 Å². The van der Waals surface area contributed by atoms with Crippen molar-refractivity contribution in [1.29, 1.82) is 0 Å². The second-order valence-electron chi connectivity index (χ2n) is 7.45. The van der Waals surface area contributed by atoms with Gasteiger partial charge in [0.15, 0.2) is 0 Å². The fraction of sp³-hybridized carbons (Fsp3) is 0.316. The first-order valence-corrected chi connectivity index (χ1v) is 12.4. The van der Waals surface area contributed by atoms with E-state index in [1.165, 1.54) is 11.2 Å². The van der Waals surface area contributed by atoms with Gasteiger partial charge < -0.3 is 9.80 Å². The number of carbonyl (C=O) groups is 2. The van der Waals surface area contributed by atoms with E-state index >= 15 is 0 Å². The Morgan fingerprint density at radius 2 is 2.03 bits per heavy atom. The van der Waals surface area contributed by atoms with Crippen molar-refractivity contribution in [3.05, 3.63) is 35.6 Å². The highest BCUT2D eigenvalue weighted by molar-refractivity contribution is 7.91. The van der Waals surface area contributed by atoms with Crippen molar-refractivity contribution >= 4 is 66.8 Å². The number of amides is 2. The maximum Gasteiger partial charge on any atom is 0.253 e. The number of thiophene rings is 1. The van der Waals surface area contributed by atoms with Crippen LogP contribution < -0.4 is 10.2 Å². The molecule has 174 valence electrons. The minimum Gasteiger partial charge on any atom is -0.347 e. The van der Waals surface area contributed by atoms with Crippen LogP contribution in [0.3, 0.4) is 0 Å². The number of sulfonamides is 1. The molecule has 33 heavy (non-hydrogen) atoms. The Kier molecular flexibility index (Phi) is 6.47. The number of hydrogen-bond donors (Lipinski definition) is 1. The first kappa shape index (κ1) is 23.3. The summed E-state index contributed by atoms with van der Waals surface area (Å²) in [5, 5.41) is 3.81. The van der Waals surface area contributed by atoms with E-state index in [9.17, 15) is 18.0 Å². The van der Waals surface area contributed by atoms with Gasteiger partial charge in [-0.25, -0.2) is 18.4 Å². The van der Waals surface area contributed by atoms with Crippen molar-refractivity contribution < 1.29 is 18.0 Å². The Hall–Kier alpha value is -2.87. The van der Waals surface area contributed by atoms with Crippen LogP contribution >= 0.6 is 22.9 Å². The van der Waals surface area contributed by atoms with Crippen molar-refractivity contribution in [3.8, 4) is 0 Å². The lowest BCUT2D eigenvalue weighted by molar-refractivity contribution is -0.137. The van der Waals surface area contributed by atoms with E-state index in [0.29, 0.717) is 11.0 Å². The second-order valence-corrected chi connectivity index (χ2v) is 11.1. The number of halogens is 1. The van der Waals surface area contributed by atoms with Gasteiger partial charge in [0, 0.05) is 36.9 Å². The van der Waals surface area contributed by atoms with Gasteiger partial charge in [0.2, 0.25) is 23.7 Å². The number of benzene rings is 1. The van der Waals surface area contributed by atoms with Crippen molar-refractivity contribution in [2.75, 3.05) is 50.5 Å². The fourth-order valence-electron chi connectivity index (χ4n) is 3.20. The maximum atomic E-state index is 13.1. The Morgan fingerprint density at radius 3 is 2.76 bits per heavy atom. The van der Waals surface area contributed by atoms with E-state index < -0.39 is 21.8 Å². The van der Waals surface area contributed by atoms with Crippen LogP contribution in [0.5, 0.6) is 0 Å². The van der Waals surface area contributed by atoms with Crippen molar-refractivity contribution in [2.24, 2.45) is 0 Å². The van der Waals surface area contributed by atoms with Crippen molar-refractivity contribution in [1.82, 2.24) is 24.2 Å². The van der Waals surface area contributed by atoms with Crippen LogP contribution in [0.1, 0.15) is 0 Å². The molecule has 1 aliphatic rings. The van der Waals surface area contributed by atoms with E-state index in [1.54, 1.807) is 43.3 Å². The SMILES string of the molecule is CN(C)c1ncnc(NC(=O)CN2CCN(S(=O)(=O)c3cc4ccc(Cl)cc4s3)CC2=O)n1. The molecule has 0 bridgehead atoms. The molecule has 3 heterocycles. The topological polar surface area (TPSA) is 129 Å². The molecule has 4 rings (SSSR count). The summed E-state index contributed by atoms with van der Waals surface area (Å²) in [7, 11) is -0.352. The molecular formula is C19H20ClN7O4S2. The number of anilines is 2. The van der Waals surface area contributed by atoms with Crippen LogP contribution in [-0.2, 0) is 19.6 Å². The molecular weight excluding hydrogens is 490 g/mol. The molecule has 1 N–H and O–H groups in total. The highest BCUT2D eigenvalue weighted by atomic mass is 35.5. The van der Waals surface area contributed by atoms with Crippen molar-refractivity contribution in [3.63, 3.8) is 0 Å². The Balaban J connectivity index is 1.40. The van der Waals surface area contributed by atoms with Gasteiger partial charge in [0.05, 0.1) is 6.54 Å². The Labute approximate surface area is 199 Å². The maximum absolute atomic E-state index is 13.1. The van der Waals surface area contributed by atoms with Crippen LogP contribution in [0, 0.1) is 0 Å². The first-order valence-electron chi connectivity index (χ1n) is 9.77. The fourth-order valence-corrected chi connectivity index (χ4v) is 6.40. The molecule has 3 aromatic rings. The van der Waals surface area contributed by atoms with E-state index in [4.69, 9.17) is 11.6 Å². The minimum atomic E-state index is -3.85. The lowest BCUT2D eigenvalue weighted by Gasteiger charge is -2.32. The first-order chi connectivity index (χ1) is 15.6. The summed E-state index contributed by atoms with van der Waals surface area (Å²) < 4.78 is 28.2. The molecule has 1 fully saturated rings. The molecule has 0 aliphatic carbocycles. The molecule has 14 heteroatoms. The third kappa shape index (κ3) is 5.05. The van der Waals surface area contributed by atoms with E-state index in [-0.39, 0.29) is 36.3 Å². The minimum absolute atomic E-state index is 0.0669. The number of hydrogen-bond acceptors (Lipinski definition) is 9. The van der Waals surface area contributed by atoms with Crippen LogP contribution in [-0.4, -0.2) is 84.7 Å². The van der Waals surface area contributed by atoms with Gasteiger partial charge >= 0.3 is 0 Å². The van der Waals surface area contributed by atoms with Gasteiger partial charge in [0.25, 0.3) is 10.0 Å². The molecule has 1 aromatic carbocycles. The van der Waals surface area contributed by atoms with Crippen LogP contribution in [0.4, 0.5) is 11.9 Å². The number of fused-ring (bicyclic) bond motifs is 1. The summed E-state index contributed by atoms with van der Waals surface area (Å²) in [6, 6.07) is 6.73. The van der Waals surface area contributed by atoms with E-state index in [0.717, 1.165) is 25.7 Å². The van der Waals surface area contributed by atoms with Crippen LogP contribution in [0.2, 0.25) is 5.02 Å². The monoisotopic (exact) mass is 509 g/mol. The normalized spacial score (nSPS) is 15.1. The molecule has 0 saturated carbocycles. The van der Waals surface area contributed by atoms with Gasteiger partial charge in [-0.05, 0) is 23.6 Å². The zero-order valence-electron chi connectivity index (χ0n) is 17.7. The molecule has 0 atom stereocenters. The van der Waals surface area contributed by atoms with Gasteiger partial charge in [-0.2, -0.15) is 9.29 Å². The van der Waals surface area contributed by atoms with Gasteiger partial charge in [-0.15, -0.1) is 11.3 Å². The average Bonchev–Trinajstić information content (AvgIpc) is 3.19. The molecule has 11 nitrogen and oxygen atoms in total. The van der Waals surface area contributed by atoms with Gasteiger partial charge in [0.1, 0.15) is 17.1 Å². The predicted octanol–water partition coefficient (Wildman–Crippen LogP) is 1.28. The summed E-state index contributed by atoms with van der Waals surface area (Å²) in [6.07, 6.45) is 1.27. The standard InChI is InChI=1S/C19H20ClN7O4S2/c1-25(2)19-22-11-21-18(24-19)23-15(28)9-26-5-6-27(10-16(26)29)33(30,31)17-7-12-3-4-13(20)8-14(12)32-17/h3-4,7-8,11H,5-6,9-10H2,1-2H3,(H,21,22,23,24,28). The molecule has 1 aliphatic heterocycles. The van der Waals surface area contributed by atoms with Crippen LogP contribution in [0.15, 0.2) is 34.8 Å². The number of aromatic nitrogens is 3. The summed E-state index contributed by atoms with van der Waals surface area (Å²) in [4.78, 5) is 39.9. The van der Waals surface area contributed by atoms with Crippen molar-refractivity contribution in [2.45, 2.75) is 4.21 Å². The quantitative estimate of drug-likeness (QED) is 0.526. The highest BCUT2D eigenvalue weighted by Crippen LogP contribution is 2.33. The average molecular weight is 510 g/mol. The Morgan fingerprint density at radius 1 is 1.24 bits per heavy atom. The van der Waals surface area contributed by atoms with Gasteiger partial charge in [-0.1, -0.05) is 17.7 Å². The molecule has 0 unspecified atom stereocenters. The molecule has 1 saturated heterocycles. The van der Waals surface area contributed by atoms with Crippen LogP contribution in [0.25, 0.3) is 10.1 Å². The summed E-state index contributed by atoms with van der Waals surface area (Å²) in [6.45, 7) is -0.423. The number of nitrogens with one attached hydrogen (secondary N) is 1. The van der Waals surface area contributed by atoms with E-state index in [1.807, 2.05) is 0 Å². The number of carbonyl (C=O) groups excluding carboxylic acids is 2. The number of rotatable bonds is 6. The molecule has 2 amide bonds. The summed E-state index contributed by atoms with van der Waals surface area (Å²) in [5.41, 5.74) is 0. The van der Waals surface area contributed by atoms with E-state index in [2.05, 4.69) is 20.3 Å².